The second-order valence-corrected chi connectivity index (χ2v) is 12.2. The molecule has 218 valence electrons. The van der Waals surface area contributed by atoms with Crippen LogP contribution < -0.4 is 10.6 Å². The number of hydrogen-bond acceptors (Lipinski definition) is 4. The van der Waals surface area contributed by atoms with Crippen LogP contribution in [-0.4, -0.2) is 40.5 Å². The number of benzene rings is 3. The molecule has 1 saturated carbocycles. The molecule has 1 fully saturated rings. The lowest BCUT2D eigenvalue weighted by atomic mass is 9.86. The fraction of sp³-hybridized carbons (Fsp3) is 0.441. The van der Waals surface area contributed by atoms with Crippen LogP contribution in [0.1, 0.15) is 77.5 Å². The van der Waals surface area contributed by atoms with Crippen LogP contribution in [0.15, 0.2) is 66.7 Å². The maximum atomic E-state index is 14.5. The molecule has 41 heavy (non-hydrogen) atoms. The van der Waals surface area contributed by atoms with Gasteiger partial charge in [-0.25, -0.2) is 4.79 Å². The molecule has 0 heterocycles. The Morgan fingerprint density at radius 2 is 1.63 bits per heavy atom. The minimum atomic E-state index is -0.869. The summed E-state index contributed by atoms with van der Waals surface area (Å²) >= 11 is 0. The van der Waals surface area contributed by atoms with Crippen LogP contribution in [0.3, 0.4) is 0 Å². The molecule has 0 spiro atoms. The van der Waals surface area contributed by atoms with Gasteiger partial charge in [0, 0.05) is 11.7 Å². The topological polar surface area (TPSA) is 87.7 Å². The molecule has 0 aromatic heterocycles. The molecule has 3 aromatic carbocycles. The zero-order valence-electron chi connectivity index (χ0n) is 25.1. The quantitative estimate of drug-likeness (QED) is 0.293. The second kappa shape index (κ2) is 12.8. The molecule has 3 amide bonds. The zero-order chi connectivity index (χ0) is 29.7. The third-order valence-electron chi connectivity index (χ3n) is 7.81. The molecule has 1 aliphatic carbocycles. The van der Waals surface area contributed by atoms with Crippen molar-refractivity contribution in [3.63, 3.8) is 0 Å². The highest BCUT2D eigenvalue weighted by molar-refractivity contribution is 6.00. The standard InChI is InChI=1S/C34H43N3O4/c1-7-23(3)29(36-33(40)41-34(4,5)6)32(39)37(28-13-10-14-28)30(25-17-15-22(2)16-18-25)31(38)35-27-20-19-24-11-8-9-12-26(24)21-27/h8-9,11-12,15-21,23,28-30H,7,10,13-14H2,1-6H3,(H,35,38)(H,36,40). The maximum absolute atomic E-state index is 14.5. The van der Waals surface area contributed by atoms with Crippen LogP contribution in [0.4, 0.5) is 10.5 Å². The molecule has 2 N–H and O–H groups in total. The van der Waals surface area contributed by atoms with Crippen molar-refractivity contribution < 1.29 is 19.1 Å². The zero-order valence-corrected chi connectivity index (χ0v) is 25.1. The Kier molecular flexibility index (Phi) is 9.36. The first kappa shape index (κ1) is 30.1. The highest BCUT2D eigenvalue weighted by Crippen LogP contribution is 2.35. The van der Waals surface area contributed by atoms with Crippen molar-refractivity contribution in [3.05, 3.63) is 77.9 Å². The Bertz CT molecular complexity index is 1370. The van der Waals surface area contributed by atoms with Gasteiger partial charge in [-0.1, -0.05) is 80.4 Å². The third kappa shape index (κ3) is 7.46. The average molecular weight is 558 g/mol. The lowest BCUT2D eigenvalue weighted by Gasteiger charge is -2.44. The van der Waals surface area contributed by atoms with E-state index in [0.717, 1.165) is 41.2 Å². The normalized spacial score (nSPS) is 15.8. The van der Waals surface area contributed by atoms with E-state index in [1.165, 1.54) is 0 Å². The lowest BCUT2D eigenvalue weighted by Crippen LogP contribution is -2.58. The molecule has 1 aliphatic rings. The Balaban J connectivity index is 1.72. The van der Waals surface area contributed by atoms with Gasteiger partial charge < -0.3 is 20.3 Å². The van der Waals surface area contributed by atoms with E-state index in [1.54, 1.807) is 25.7 Å². The van der Waals surface area contributed by atoms with E-state index in [-0.39, 0.29) is 23.8 Å². The number of nitrogens with zero attached hydrogens (tertiary/aromatic N) is 1. The number of nitrogens with one attached hydrogen (secondary N) is 2. The van der Waals surface area contributed by atoms with Crippen LogP contribution in [0.2, 0.25) is 0 Å². The summed E-state index contributed by atoms with van der Waals surface area (Å²) < 4.78 is 5.51. The average Bonchev–Trinajstić information content (AvgIpc) is 2.89. The monoisotopic (exact) mass is 557 g/mol. The summed E-state index contributed by atoms with van der Waals surface area (Å²) in [5.41, 5.74) is 1.75. The number of anilines is 1. The molecule has 0 saturated heterocycles. The molecule has 0 aliphatic heterocycles. The first-order valence-electron chi connectivity index (χ1n) is 14.6. The Hall–Kier alpha value is -3.87. The smallest absolute Gasteiger partial charge is 0.408 e. The molecule has 0 bridgehead atoms. The fourth-order valence-electron chi connectivity index (χ4n) is 5.13. The van der Waals surface area contributed by atoms with Gasteiger partial charge in [-0.05, 0) is 81.3 Å². The first-order chi connectivity index (χ1) is 19.5. The predicted molar refractivity (Wildman–Crippen MR) is 164 cm³/mol. The molecule has 7 heteroatoms. The first-order valence-corrected chi connectivity index (χ1v) is 14.6. The van der Waals surface area contributed by atoms with Gasteiger partial charge >= 0.3 is 6.09 Å². The van der Waals surface area contributed by atoms with Crippen molar-refractivity contribution in [1.82, 2.24) is 10.2 Å². The van der Waals surface area contributed by atoms with E-state index in [2.05, 4.69) is 10.6 Å². The number of carbonyl (C=O) groups excluding carboxylic acids is 3. The molecular weight excluding hydrogens is 514 g/mol. The summed E-state index contributed by atoms with van der Waals surface area (Å²) in [7, 11) is 0. The van der Waals surface area contributed by atoms with E-state index >= 15 is 0 Å². The molecule has 4 rings (SSSR count). The minimum absolute atomic E-state index is 0.108. The number of amides is 3. The van der Waals surface area contributed by atoms with E-state index < -0.39 is 23.8 Å². The van der Waals surface area contributed by atoms with Crippen molar-refractivity contribution in [2.75, 3.05) is 5.32 Å². The van der Waals surface area contributed by atoms with Crippen LogP contribution in [0.5, 0.6) is 0 Å². The van der Waals surface area contributed by atoms with Crippen molar-refractivity contribution in [2.45, 2.75) is 91.0 Å². The summed E-state index contributed by atoms with van der Waals surface area (Å²) in [6, 6.07) is 19.7. The van der Waals surface area contributed by atoms with Crippen molar-refractivity contribution in [1.29, 1.82) is 0 Å². The third-order valence-corrected chi connectivity index (χ3v) is 7.81. The van der Waals surface area contributed by atoms with Gasteiger partial charge in [-0.3, -0.25) is 9.59 Å². The van der Waals surface area contributed by atoms with Crippen molar-refractivity contribution in [2.24, 2.45) is 5.92 Å². The van der Waals surface area contributed by atoms with Gasteiger partial charge in [0.15, 0.2) is 0 Å². The minimum Gasteiger partial charge on any atom is -0.444 e. The predicted octanol–water partition coefficient (Wildman–Crippen LogP) is 7.15. The Morgan fingerprint density at radius 3 is 2.22 bits per heavy atom. The SMILES string of the molecule is CCC(C)C(NC(=O)OC(C)(C)C)C(=O)N(C1CCC1)C(C(=O)Nc1ccc2ccccc2c1)c1ccc(C)cc1. The lowest BCUT2D eigenvalue weighted by molar-refractivity contribution is -0.147. The second-order valence-electron chi connectivity index (χ2n) is 12.2. The summed E-state index contributed by atoms with van der Waals surface area (Å²) in [6.45, 7) is 11.3. The fourth-order valence-corrected chi connectivity index (χ4v) is 5.13. The number of alkyl carbamates (subject to hydrolysis) is 1. The highest BCUT2D eigenvalue weighted by atomic mass is 16.6. The van der Waals surface area contributed by atoms with E-state index in [4.69, 9.17) is 4.74 Å². The van der Waals surface area contributed by atoms with Gasteiger partial charge in [0.25, 0.3) is 5.91 Å². The maximum Gasteiger partial charge on any atom is 0.408 e. The largest absolute Gasteiger partial charge is 0.444 e. The number of rotatable bonds is 9. The Morgan fingerprint density at radius 1 is 0.976 bits per heavy atom. The molecule has 7 nitrogen and oxygen atoms in total. The van der Waals surface area contributed by atoms with Gasteiger partial charge in [-0.2, -0.15) is 0 Å². The number of aryl methyl sites for hydroxylation is 1. The summed E-state index contributed by atoms with van der Waals surface area (Å²) in [6.07, 6.45) is 2.61. The highest BCUT2D eigenvalue weighted by Gasteiger charge is 2.43. The molecule has 3 unspecified atom stereocenters. The summed E-state index contributed by atoms with van der Waals surface area (Å²) in [5.74, 6) is -0.724. The van der Waals surface area contributed by atoms with Gasteiger partial charge in [0.05, 0.1) is 0 Å². The number of ether oxygens (including phenoxy) is 1. The number of hydrogen-bond donors (Lipinski definition) is 2. The van der Waals surface area contributed by atoms with E-state index in [1.807, 2.05) is 87.5 Å². The molecule has 3 atom stereocenters. The molecule has 0 radical (unpaired) electrons. The Labute approximate surface area is 243 Å². The van der Waals surface area contributed by atoms with E-state index in [9.17, 15) is 14.4 Å². The number of carbonyl (C=O) groups is 3. The van der Waals surface area contributed by atoms with Crippen molar-refractivity contribution >= 4 is 34.4 Å². The van der Waals surface area contributed by atoms with Gasteiger partial charge in [0.1, 0.15) is 17.7 Å². The van der Waals surface area contributed by atoms with Crippen LogP contribution in [-0.2, 0) is 14.3 Å². The molecule has 3 aromatic rings. The van der Waals surface area contributed by atoms with Crippen LogP contribution >= 0.6 is 0 Å². The number of fused-ring (bicyclic) bond motifs is 1. The summed E-state index contributed by atoms with van der Waals surface area (Å²) in [4.78, 5) is 43.2. The van der Waals surface area contributed by atoms with E-state index in [0.29, 0.717) is 12.1 Å². The van der Waals surface area contributed by atoms with Crippen LogP contribution in [0.25, 0.3) is 10.8 Å². The molecular formula is C34H43N3O4. The van der Waals surface area contributed by atoms with Gasteiger partial charge in [-0.15, -0.1) is 0 Å². The summed E-state index contributed by atoms with van der Waals surface area (Å²) in [5, 5.41) is 8.04. The van der Waals surface area contributed by atoms with Crippen LogP contribution in [0, 0.1) is 12.8 Å². The van der Waals surface area contributed by atoms with Crippen molar-refractivity contribution in [3.8, 4) is 0 Å². The van der Waals surface area contributed by atoms with Gasteiger partial charge in [0.2, 0.25) is 5.91 Å².